The van der Waals surface area contributed by atoms with Crippen LogP contribution in [0.2, 0.25) is 0 Å². The fourth-order valence-electron chi connectivity index (χ4n) is 2.39. The Morgan fingerprint density at radius 1 is 1.29 bits per heavy atom. The highest BCUT2D eigenvalue weighted by atomic mass is 19.4. The van der Waals surface area contributed by atoms with Crippen LogP contribution in [0.25, 0.3) is 0 Å². The van der Waals surface area contributed by atoms with Crippen LogP contribution in [0.3, 0.4) is 0 Å². The van der Waals surface area contributed by atoms with Crippen molar-refractivity contribution in [3.63, 3.8) is 0 Å². The molecule has 0 fully saturated rings. The van der Waals surface area contributed by atoms with Crippen LogP contribution in [-0.4, -0.2) is 41.7 Å². The molecule has 1 heterocycles. The molecule has 0 saturated heterocycles. The second-order valence-electron chi connectivity index (χ2n) is 4.55. The molecular weight excluding hydrogens is 291 g/mol. The minimum atomic E-state index is -4.95. The number of halogens is 3. The van der Waals surface area contributed by atoms with Gasteiger partial charge in [0.15, 0.2) is 0 Å². The Bertz CT molecular complexity index is 598. The molecule has 1 aromatic carbocycles. The van der Waals surface area contributed by atoms with Crippen LogP contribution in [0.4, 0.5) is 13.2 Å². The van der Waals surface area contributed by atoms with E-state index < -0.39 is 18.1 Å². The van der Waals surface area contributed by atoms with Crippen LogP contribution < -0.4 is 4.74 Å². The van der Waals surface area contributed by atoms with E-state index in [0.717, 1.165) is 0 Å². The number of fused-ring (bicyclic) bond motifs is 1. The zero-order chi connectivity index (χ0) is 15.8. The summed E-state index contributed by atoms with van der Waals surface area (Å²) in [4.78, 5) is 23.1. The number of carbonyl (C=O) groups is 2. The number of nitrogens with zero attached hydrogens (tertiary/aromatic N) is 1. The maximum Gasteiger partial charge on any atom is 0.471 e. The first-order valence-electron chi connectivity index (χ1n) is 6.04. The third-order valence-electron chi connectivity index (χ3n) is 3.35. The molecule has 5 nitrogen and oxygen atoms in total. The molecule has 1 N–H and O–H groups in total. The molecule has 0 atom stereocenters. The molecule has 1 aromatic rings. The first kappa shape index (κ1) is 15.1. The van der Waals surface area contributed by atoms with Crippen LogP contribution in [0, 0.1) is 0 Å². The Kier molecular flexibility index (Phi) is 3.80. The molecule has 1 aliphatic rings. The van der Waals surface area contributed by atoms with Gasteiger partial charge in [0.2, 0.25) is 0 Å². The molecule has 2 rings (SSSR count). The van der Waals surface area contributed by atoms with E-state index in [1.165, 1.54) is 19.2 Å². The van der Waals surface area contributed by atoms with Gasteiger partial charge in [0.1, 0.15) is 5.75 Å². The normalized spacial score (nSPS) is 14.6. The highest BCUT2D eigenvalue weighted by molar-refractivity contribution is 5.90. The van der Waals surface area contributed by atoms with Gasteiger partial charge in [-0.3, -0.25) is 4.79 Å². The second kappa shape index (κ2) is 5.27. The summed E-state index contributed by atoms with van der Waals surface area (Å²) in [7, 11) is 1.33. The Balaban J connectivity index is 2.42. The first-order valence-corrected chi connectivity index (χ1v) is 6.04. The molecule has 114 valence electrons. The number of benzene rings is 1. The minimum Gasteiger partial charge on any atom is -0.496 e. The van der Waals surface area contributed by atoms with E-state index in [0.29, 0.717) is 16.0 Å². The number of hydrogen-bond acceptors (Lipinski definition) is 3. The Morgan fingerprint density at radius 2 is 1.95 bits per heavy atom. The average Bonchev–Trinajstić information content (AvgIpc) is 2.43. The average molecular weight is 303 g/mol. The summed E-state index contributed by atoms with van der Waals surface area (Å²) in [6.45, 7) is -0.503. The lowest BCUT2D eigenvalue weighted by molar-refractivity contribution is -0.186. The number of hydrogen-bond donors (Lipinski definition) is 1. The van der Waals surface area contributed by atoms with E-state index in [-0.39, 0.29) is 30.8 Å². The fourth-order valence-corrected chi connectivity index (χ4v) is 2.39. The van der Waals surface area contributed by atoms with Crippen molar-refractivity contribution in [2.24, 2.45) is 0 Å². The zero-order valence-corrected chi connectivity index (χ0v) is 11.0. The van der Waals surface area contributed by atoms with Gasteiger partial charge in [0.25, 0.3) is 0 Å². The molecule has 0 spiro atoms. The van der Waals surface area contributed by atoms with E-state index in [1.807, 2.05) is 0 Å². The number of ether oxygens (including phenoxy) is 1. The number of carbonyl (C=O) groups excluding carboxylic acids is 1. The highest BCUT2D eigenvalue weighted by Crippen LogP contribution is 2.32. The Labute approximate surface area is 117 Å². The van der Waals surface area contributed by atoms with Gasteiger partial charge in [0.05, 0.1) is 12.7 Å². The molecule has 0 radical (unpaired) electrons. The van der Waals surface area contributed by atoms with Gasteiger partial charge in [-0.25, -0.2) is 4.79 Å². The molecule has 1 amide bonds. The lowest BCUT2D eigenvalue weighted by Crippen LogP contribution is -2.44. The number of carboxylic acid groups (broad SMARTS) is 1. The molecule has 8 heteroatoms. The smallest absolute Gasteiger partial charge is 0.471 e. The standard InChI is InChI=1S/C13H12F3NO4/c1-21-10-3-2-8(11(18)19)7-4-5-17(6-9(7)10)12(20)13(14,15)16/h2-3H,4-6H2,1H3,(H,18,19). The summed E-state index contributed by atoms with van der Waals surface area (Å²) in [5, 5.41) is 9.11. The maximum atomic E-state index is 12.5. The van der Waals surface area contributed by atoms with E-state index in [9.17, 15) is 22.8 Å². The SMILES string of the molecule is COc1ccc(C(=O)O)c2c1CN(C(=O)C(F)(F)F)CC2. The quantitative estimate of drug-likeness (QED) is 0.905. The highest BCUT2D eigenvalue weighted by Gasteiger charge is 2.43. The van der Waals surface area contributed by atoms with Crippen molar-refractivity contribution in [1.29, 1.82) is 0 Å². The number of alkyl halides is 3. The zero-order valence-electron chi connectivity index (χ0n) is 11.0. The van der Waals surface area contributed by atoms with Crippen molar-refractivity contribution < 1.29 is 32.6 Å². The summed E-state index contributed by atoms with van der Waals surface area (Å²) in [6.07, 6.45) is -4.91. The van der Waals surface area contributed by atoms with Gasteiger partial charge in [-0.1, -0.05) is 0 Å². The second-order valence-corrected chi connectivity index (χ2v) is 4.55. The molecular formula is C13H12F3NO4. The van der Waals surface area contributed by atoms with Crippen molar-refractivity contribution in [3.8, 4) is 5.75 Å². The van der Waals surface area contributed by atoms with Crippen LogP contribution in [0.5, 0.6) is 5.75 Å². The summed E-state index contributed by atoms with van der Waals surface area (Å²) < 4.78 is 42.5. The largest absolute Gasteiger partial charge is 0.496 e. The summed E-state index contributed by atoms with van der Waals surface area (Å²) in [5.41, 5.74) is 0.735. The lowest BCUT2D eigenvalue weighted by atomic mass is 9.93. The molecule has 0 aliphatic carbocycles. The van der Waals surface area contributed by atoms with Crippen molar-refractivity contribution in [1.82, 2.24) is 4.90 Å². The van der Waals surface area contributed by atoms with Crippen LogP contribution in [-0.2, 0) is 17.8 Å². The maximum absolute atomic E-state index is 12.5. The van der Waals surface area contributed by atoms with Crippen molar-refractivity contribution in [2.45, 2.75) is 19.1 Å². The van der Waals surface area contributed by atoms with Gasteiger partial charge in [-0.05, 0) is 24.1 Å². The van der Waals surface area contributed by atoms with Crippen molar-refractivity contribution in [2.75, 3.05) is 13.7 Å². The summed E-state index contributed by atoms with van der Waals surface area (Å²) in [6, 6.07) is 2.73. The summed E-state index contributed by atoms with van der Waals surface area (Å²) in [5.74, 6) is -2.82. The van der Waals surface area contributed by atoms with Crippen molar-refractivity contribution in [3.05, 3.63) is 28.8 Å². The van der Waals surface area contributed by atoms with Gasteiger partial charge in [-0.2, -0.15) is 13.2 Å². The van der Waals surface area contributed by atoms with Crippen molar-refractivity contribution >= 4 is 11.9 Å². The Morgan fingerprint density at radius 3 is 2.48 bits per heavy atom. The monoisotopic (exact) mass is 303 g/mol. The van der Waals surface area contributed by atoms with Gasteiger partial charge in [0, 0.05) is 18.7 Å². The predicted octanol–water partition coefficient (Wildman–Crippen LogP) is 1.84. The van der Waals surface area contributed by atoms with Crippen LogP contribution in [0.15, 0.2) is 12.1 Å². The topological polar surface area (TPSA) is 66.8 Å². The molecule has 1 aliphatic heterocycles. The van der Waals surface area contributed by atoms with Crippen LogP contribution in [0.1, 0.15) is 21.5 Å². The molecule has 0 bridgehead atoms. The van der Waals surface area contributed by atoms with Gasteiger partial charge >= 0.3 is 18.1 Å². The molecule has 0 aromatic heterocycles. The predicted molar refractivity (Wildman–Crippen MR) is 65.1 cm³/mol. The molecule has 0 unspecified atom stereocenters. The third kappa shape index (κ3) is 2.79. The number of rotatable bonds is 2. The number of amides is 1. The van der Waals surface area contributed by atoms with Crippen LogP contribution >= 0.6 is 0 Å². The number of aromatic carboxylic acids is 1. The fraction of sp³-hybridized carbons (Fsp3) is 0.385. The molecule has 0 saturated carbocycles. The van der Waals surface area contributed by atoms with Gasteiger partial charge in [-0.15, -0.1) is 0 Å². The lowest BCUT2D eigenvalue weighted by Gasteiger charge is -2.31. The first-order chi connectivity index (χ1) is 9.75. The minimum absolute atomic E-state index is 0.0184. The van der Waals surface area contributed by atoms with Gasteiger partial charge < -0.3 is 14.7 Å². The van der Waals surface area contributed by atoms with E-state index >= 15 is 0 Å². The molecule has 21 heavy (non-hydrogen) atoms. The van der Waals surface area contributed by atoms with E-state index in [1.54, 1.807) is 0 Å². The third-order valence-corrected chi connectivity index (χ3v) is 3.35. The Hall–Kier alpha value is -2.25. The number of methoxy groups -OCH3 is 1. The summed E-state index contributed by atoms with van der Waals surface area (Å²) >= 11 is 0. The van der Waals surface area contributed by atoms with E-state index in [4.69, 9.17) is 9.84 Å². The van der Waals surface area contributed by atoms with E-state index in [2.05, 4.69) is 0 Å². The number of carboxylic acids is 1.